The van der Waals surface area contributed by atoms with Gasteiger partial charge in [0.1, 0.15) is 17.5 Å². The Labute approximate surface area is 106 Å². The molecule has 1 aromatic heterocycles. The van der Waals surface area contributed by atoms with Gasteiger partial charge in [-0.2, -0.15) is 0 Å². The molecule has 0 unspecified atom stereocenters. The van der Waals surface area contributed by atoms with Crippen molar-refractivity contribution in [3.63, 3.8) is 0 Å². The Balaban J connectivity index is 2.09. The smallest absolute Gasteiger partial charge is 0.133 e. The first-order valence-corrected chi connectivity index (χ1v) is 5.62. The van der Waals surface area contributed by atoms with E-state index in [0.29, 0.717) is 23.2 Å². The molecule has 0 aliphatic carbocycles. The van der Waals surface area contributed by atoms with Gasteiger partial charge < -0.3 is 4.74 Å². The second-order valence-electron chi connectivity index (χ2n) is 3.53. The summed E-state index contributed by atoms with van der Waals surface area (Å²) in [6.45, 7) is 4.17. The van der Waals surface area contributed by atoms with Crippen LogP contribution in [0.25, 0.3) is 6.08 Å². The van der Waals surface area contributed by atoms with E-state index in [1.54, 1.807) is 12.1 Å². The molecule has 1 aromatic carbocycles. The van der Waals surface area contributed by atoms with Gasteiger partial charge in [-0.25, -0.2) is 4.98 Å². The third-order valence-electron chi connectivity index (χ3n) is 2.24. The van der Waals surface area contributed by atoms with Gasteiger partial charge >= 0.3 is 0 Å². The Hall–Kier alpha value is -1.80. The number of aromatic nitrogens is 1. The Kier molecular flexibility index (Phi) is 3.78. The summed E-state index contributed by atoms with van der Waals surface area (Å²) in [6.07, 6.45) is 1.64. The van der Waals surface area contributed by atoms with Crippen molar-refractivity contribution in [1.29, 1.82) is 0 Å². The molecular formula is C14H12ClNO. The number of pyridine rings is 1. The van der Waals surface area contributed by atoms with E-state index in [0.717, 1.165) is 5.56 Å². The Morgan fingerprint density at radius 3 is 2.71 bits per heavy atom. The van der Waals surface area contributed by atoms with Crippen molar-refractivity contribution in [3.8, 4) is 5.75 Å². The lowest BCUT2D eigenvalue weighted by molar-refractivity contribution is 0.306. The summed E-state index contributed by atoms with van der Waals surface area (Å²) >= 11 is 5.87. The van der Waals surface area contributed by atoms with Crippen molar-refractivity contribution in [2.75, 3.05) is 0 Å². The molecular weight excluding hydrogens is 234 g/mol. The van der Waals surface area contributed by atoms with Crippen molar-refractivity contribution >= 4 is 17.7 Å². The van der Waals surface area contributed by atoms with Gasteiger partial charge in [-0.15, -0.1) is 0 Å². The van der Waals surface area contributed by atoms with Gasteiger partial charge in [-0.05, 0) is 11.6 Å². The molecule has 0 aliphatic heterocycles. The molecule has 0 spiro atoms. The number of hydrogen-bond donors (Lipinski definition) is 0. The predicted molar refractivity (Wildman–Crippen MR) is 70.1 cm³/mol. The molecule has 86 valence electrons. The average molecular weight is 246 g/mol. The van der Waals surface area contributed by atoms with E-state index >= 15 is 0 Å². The topological polar surface area (TPSA) is 22.1 Å². The summed E-state index contributed by atoms with van der Waals surface area (Å²) in [4.78, 5) is 4.07. The van der Waals surface area contributed by atoms with E-state index < -0.39 is 0 Å². The van der Waals surface area contributed by atoms with Crippen LogP contribution in [0.2, 0.25) is 5.15 Å². The molecule has 0 N–H and O–H groups in total. The van der Waals surface area contributed by atoms with E-state index in [1.165, 1.54) is 0 Å². The largest absolute Gasteiger partial charge is 0.489 e. The maximum absolute atomic E-state index is 5.87. The molecule has 17 heavy (non-hydrogen) atoms. The monoisotopic (exact) mass is 245 g/mol. The quantitative estimate of drug-likeness (QED) is 0.761. The first-order valence-electron chi connectivity index (χ1n) is 5.24. The van der Waals surface area contributed by atoms with Crippen LogP contribution in [0.4, 0.5) is 0 Å². The van der Waals surface area contributed by atoms with Gasteiger partial charge in [0.25, 0.3) is 0 Å². The van der Waals surface area contributed by atoms with Crippen molar-refractivity contribution in [2.45, 2.75) is 6.61 Å². The Bertz CT molecular complexity index is 511. The SMILES string of the molecule is C=Cc1cc(OCc2ccccc2)cc(Cl)n1. The third kappa shape index (κ3) is 3.33. The fourth-order valence-electron chi connectivity index (χ4n) is 1.42. The normalized spacial score (nSPS) is 9.94. The second-order valence-corrected chi connectivity index (χ2v) is 3.92. The lowest BCUT2D eigenvalue weighted by Crippen LogP contribution is -1.96. The molecule has 2 aromatic rings. The fourth-order valence-corrected chi connectivity index (χ4v) is 1.63. The van der Waals surface area contributed by atoms with Crippen LogP contribution in [0.1, 0.15) is 11.3 Å². The van der Waals surface area contributed by atoms with Gasteiger partial charge in [-0.1, -0.05) is 48.5 Å². The number of rotatable bonds is 4. The van der Waals surface area contributed by atoms with Crippen LogP contribution in [-0.4, -0.2) is 4.98 Å². The summed E-state index contributed by atoms with van der Waals surface area (Å²) in [5.41, 5.74) is 1.82. The van der Waals surface area contributed by atoms with Crippen LogP contribution < -0.4 is 4.74 Å². The summed E-state index contributed by atoms with van der Waals surface area (Å²) < 4.78 is 5.64. The molecule has 2 nitrogen and oxygen atoms in total. The minimum absolute atomic E-state index is 0.408. The molecule has 0 bridgehead atoms. The Morgan fingerprint density at radius 1 is 1.24 bits per heavy atom. The van der Waals surface area contributed by atoms with Crippen molar-refractivity contribution < 1.29 is 4.74 Å². The number of halogens is 1. The maximum Gasteiger partial charge on any atom is 0.133 e. The van der Waals surface area contributed by atoms with E-state index in [9.17, 15) is 0 Å². The van der Waals surface area contributed by atoms with Crippen molar-refractivity contribution in [3.05, 3.63) is 65.5 Å². The zero-order chi connectivity index (χ0) is 12.1. The molecule has 3 heteroatoms. The highest BCUT2D eigenvalue weighted by Crippen LogP contribution is 2.19. The number of benzene rings is 1. The Morgan fingerprint density at radius 2 is 2.00 bits per heavy atom. The highest BCUT2D eigenvalue weighted by Gasteiger charge is 2.00. The summed E-state index contributed by atoms with van der Waals surface area (Å²) in [5.74, 6) is 0.698. The van der Waals surface area contributed by atoms with Gasteiger partial charge in [0, 0.05) is 12.1 Å². The van der Waals surface area contributed by atoms with Crippen molar-refractivity contribution in [1.82, 2.24) is 4.98 Å². The zero-order valence-corrected chi connectivity index (χ0v) is 10.0. The molecule has 0 saturated carbocycles. The van der Waals surface area contributed by atoms with Gasteiger partial charge in [0.05, 0.1) is 5.69 Å². The molecule has 0 aliphatic rings. The molecule has 1 heterocycles. The average Bonchev–Trinajstić information content (AvgIpc) is 2.37. The molecule has 0 saturated heterocycles. The zero-order valence-electron chi connectivity index (χ0n) is 9.27. The van der Waals surface area contributed by atoms with Crippen LogP contribution in [0.15, 0.2) is 49.0 Å². The lowest BCUT2D eigenvalue weighted by Gasteiger charge is -2.07. The summed E-state index contributed by atoms with van der Waals surface area (Å²) in [7, 11) is 0. The molecule has 0 radical (unpaired) electrons. The first kappa shape index (κ1) is 11.7. The highest BCUT2D eigenvalue weighted by molar-refractivity contribution is 6.29. The highest BCUT2D eigenvalue weighted by atomic mass is 35.5. The van der Waals surface area contributed by atoms with Crippen LogP contribution >= 0.6 is 11.6 Å². The van der Waals surface area contributed by atoms with E-state index in [4.69, 9.17) is 16.3 Å². The summed E-state index contributed by atoms with van der Waals surface area (Å²) in [5, 5.41) is 0.408. The minimum Gasteiger partial charge on any atom is -0.489 e. The van der Waals surface area contributed by atoms with Gasteiger partial charge in [0.15, 0.2) is 0 Å². The van der Waals surface area contributed by atoms with Crippen LogP contribution in [0, 0.1) is 0 Å². The lowest BCUT2D eigenvalue weighted by atomic mass is 10.2. The minimum atomic E-state index is 0.408. The van der Waals surface area contributed by atoms with Gasteiger partial charge in [0.2, 0.25) is 0 Å². The van der Waals surface area contributed by atoms with E-state index in [2.05, 4.69) is 11.6 Å². The predicted octanol–water partition coefficient (Wildman–Crippen LogP) is 3.96. The molecule has 0 amide bonds. The number of nitrogens with zero attached hydrogens (tertiary/aromatic N) is 1. The first-order chi connectivity index (χ1) is 8.28. The fraction of sp³-hybridized carbons (Fsp3) is 0.0714. The van der Waals surface area contributed by atoms with Gasteiger partial charge in [-0.3, -0.25) is 0 Å². The van der Waals surface area contributed by atoms with E-state index in [1.807, 2.05) is 36.4 Å². The standard InChI is InChI=1S/C14H12ClNO/c1-2-12-8-13(9-14(15)16-12)17-10-11-6-4-3-5-7-11/h2-9H,1,10H2. The van der Waals surface area contributed by atoms with Crippen LogP contribution in [-0.2, 0) is 6.61 Å². The third-order valence-corrected chi connectivity index (χ3v) is 2.44. The molecule has 0 fully saturated rings. The molecule has 0 atom stereocenters. The second kappa shape index (κ2) is 5.51. The van der Waals surface area contributed by atoms with E-state index in [-0.39, 0.29) is 0 Å². The summed E-state index contributed by atoms with van der Waals surface area (Å²) in [6, 6.07) is 13.5. The van der Waals surface area contributed by atoms with Crippen LogP contribution in [0.5, 0.6) is 5.75 Å². The van der Waals surface area contributed by atoms with Crippen LogP contribution in [0.3, 0.4) is 0 Å². The molecule has 2 rings (SSSR count). The number of ether oxygens (including phenoxy) is 1. The van der Waals surface area contributed by atoms with Crippen molar-refractivity contribution in [2.24, 2.45) is 0 Å². The number of hydrogen-bond acceptors (Lipinski definition) is 2. The maximum atomic E-state index is 5.87.